The van der Waals surface area contributed by atoms with Crippen molar-refractivity contribution >= 4 is 16.7 Å². The van der Waals surface area contributed by atoms with Crippen molar-refractivity contribution in [1.82, 2.24) is 20.2 Å². The maximum atomic E-state index is 5.44. The molecule has 1 aliphatic rings. The molecule has 108 valence electrons. The summed E-state index contributed by atoms with van der Waals surface area (Å²) < 4.78 is 5.44. The summed E-state index contributed by atoms with van der Waals surface area (Å²) in [5, 5.41) is 7.10. The van der Waals surface area contributed by atoms with Gasteiger partial charge in [0.1, 0.15) is 5.82 Å². The van der Waals surface area contributed by atoms with Crippen molar-refractivity contribution in [1.29, 1.82) is 0 Å². The maximum absolute atomic E-state index is 5.44. The van der Waals surface area contributed by atoms with E-state index < -0.39 is 0 Å². The van der Waals surface area contributed by atoms with Gasteiger partial charge in [0.25, 0.3) is 0 Å². The Hall–Kier alpha value is -2.34. The van der Waals surface area contributed by atoms with Crippen LogP contribution in [0.25, 0.3) is 22.3 Å². The van der Waals surface area contributed by atoms with Crippen molar-refractivity contribution in [2.45, 2.75) is 6.92 Å². The molecule has 0 unspecified atom stereocenters. The number of benzene rings is 1. The molecular weight excluding hydrogens is 266 g/mol. The number of aromatic amines is 2. The van der Waals surface area contributed by atoms with E-state index in [-0.39, 0.29) is 0 Å². The van der Waals surface area contributed by atoms with Crippen LogP contribution < -0.4 is 4.90 Å². The van der Waals surface area contributed by atoms with Crippen molar-refractivity contribution < 1.29 is 4.74 Å². The van der Waals surface area contributed by atoms with E-state index in [2.05, 4.69) is 37.2 Å². The fourth-order valence-electron chi connectivity index (χ4n) is 2.84. The summed E-state index contributed by atoms with van der Waals surface area (Å²) in [5.74, 6) is 0.921. The van der Waals surface area contributed by atoms with Gasteiger partial charge in [-0.25, -0.2) is 4.98 Å². The van der Waals surface area contributed by atoms with Crippen LogP contribution in [-0.4, -0.2) is 46.5 Å². The van der Waals surface area contributed by atoms with Crippen molar-refractivity contribution in [2.24, 2.45) is 0 Å². The van der Waals surface area contributed by atoms with Crippen LogP contribution in [0.1, 0.15) is 5.82 Å². The monoisotopic (exact) mass is 283 g/mol. The van der Waals surface area contributed by atoms with E-state index in [9.17, 15) is 0 Å². The molecule has 0 amide bonds. The summed E-state index contributed by atoms with van der Waals surface area (Å²) >= 11 is 0. The van der Waals surface area contributed by atoms with Crippen LogP contribution in [0.2, 0.25) is 0 Å². The van der Waals surface area contributed by atoms with Gasteiger partial charge in [0, 0.05) is 30.5 Å². The Morgan fingerprint density at radius 3 is 2.86 bits per heavy atom. The van der Waals surface area contributed by atoms with Crippen LogP contribution in [0, 0.1) is 6.92 Å². The Morgan fingerprint density at radius 2 is 2.10 bits per heavy atom. The molecule has 0 aliphatic carbocycles. The number of ether oxygens (including phenoxy) is 1. The number of rotatable bonds is 2. The number of aromatic nitrogens is 4. The van der Waals surface area contributed by atoms with E-state index in [4.69, 9.17) is 4.74 Å². The first-order valence-corrected chi connectivity index (χ1v) is 7.14. The van der Waals surface area contributed by atoms with Crippen molar-refractivity contribution in [2.75, 3.05) is 31.2 Å². The second-order valence-corrected chi connectivity index (χ2v) is 5.28. The molecule has 0 bridgehead atoms. The molecule has 0 atom stereocenters. The number of H-pyrrole nitrogens is 2. The second-order valence-electron chi connectivity index (χ2n) is 5.28. The number of nitrogens with one attached hydrogen (secondary N) is 2. The third-order valence-electron chi connectivity index (χ3n) is 3.86. The quantitative estimate of drug-likeness (QED) is 0.755. The van der Waals surface area contributed by atoms with Crippen LogP contribution in [0.5, 0.6) is 0 Å². The molecule has 0 spiro atoms. The minimum Gasteiger partial charge on any atom is -0.378 e. The maximum Gasteiger partial charge on any atom is 0.104 e. The second kappa shape index (κ2) is 4.89. The largest absolute Gasteiger partial charge is 0.378 e. The third kappa shape index (κ3) is 2.17. The van der Waals surface area contributed by atoms with Gasteiger partial charge in [-0.1, -0.05) is 0 Å². The van der Waals surface area contributed by atoms with Gasteiger partial charge in [-0.05, 0) is 25.1 Å². The lowest BCUT2D eigenvalue weighted by atomic mass is 10.1. The first-order valence-electron chi connectivity index (χ1n) is 7.14. The van der Waals surface area contributed by atoms with Crippen LogP contribution in [0.3, 0.4) is 0 Å². The zero-order chi connectivity index (χ0) is 14.2. The zero-order valence-corrected chi connectivity index (χ0v) is 11.9. The topological polar surface area (TPSA) is 69.8 Å². The van der Waals surface area contributed by atoms with E-state index in [0.29, 0.717) is 0 Å². The smallest absolute Gasteiger partial charge is 0.104 e. The van der Waals surface area contributed by atoms with Crippen LogP contribution >= 0.6 is 0 Å². The Balaban J connectivity index is 1.88. The first kappa shape index (κ1) is 12.4. The average Bonchev–Trinajstić information content (AvgIpc) is 3.15. The Morgan fingerprint density at radius 1 is 1.24 bits per heavy atom. The fourth-order valence-corrected chi connectivity index (χ4v) is 2.84. The van der Waals surface area contributed by atoms with E-state index in [1.54, 1.807) is 6.20 Å². The zero-order valence-electron chi connectivity index (χ0n) is 11.9. The number of fused-ring (bicyclic) bond motifs is 1. The van der Waals surface area contributed by atoms with Crippen LogP contribution in [0.15, 0.2) is 24.4 Å². The number of anilines is 1. The molecule has 6 nitrogen and oxygen atoms in total. The molecule has 2 aromatic heterocycles. The predicted molar refractivity (Wildman–Crippen MR) is 81.4 cm³/mol. The number of nitrogens with zero attached hydrogens (tertiary/aromatic N) is 3. The van der Waals surface area contributed by atoms with Gasteiger partial charge in [-0.3, -0.25) is 5.10 Å². The molecule has 1 saturated heterocycles. The Bertz CT molecular complexity index is 756. The summed E-state index contributed by atoms with van der Waals surface area (Å²) in [6.45, 7) is 5.37. The van der Waals surface area contributed by atoms with Gasteiger partial charge in [0.05, 0.1) is 29.9 Å². The van der Waals surface area contributed by atoms with E-state index in [1.807, 2.05) is 13.0 Å². The van der Waals surface area contributed by atoms with E-state index in [1.165, 1.54) is 5.69 Å². The molecule has 21 heavy (non-hydrogen) atoms. The molecule has 1 aromatic carbocycles. The predicted octanol–water partition coefficient (Wildman–Crippen LogP) is 2.10. The molecule has 0 saturated carbocycles. The molecule has 2 N–H and O–H groups in total. The highest BCUT2D eigenvalue weighted by Gasteiger charge is 2.16. The summed E-state index contributed by atoms with van der Waals surface area (Å²) in [4.78, 5) is 10.3. The highest BCUT2D eigenvalue weighted by molar-refractivity contribution is 5.94. The minimum atomic E-state index is 0.777. The van der Waals surface area contributed by atoms with Gasteiger partial charge in [-0.2, -0.15) is 5.10 Å². The molecule has 0 radical (unpaired) electrons. The summed E-state index contributed by atoms with van der Waals surface area (Å²) in [6.07, 6.45) is 1.77. The lowest BCUT2D eigenvalue weighted by Gasteiger charge is -2.29. The normalized spacial score (nSPS) is 15.8. The van der Waals surface area contributed by atoms with Crippen molar-refractivity contribution in [3.05, 3.63) is 30.2 Å². The standard InChI is InChI=1S/C15H17N5O/c1-10-17-14-9-11(20-4-6-21-7-5-20)8-12(15(14)18-10)13-2-3-16-19-13/h2-3,8-9H,4-7H2,1H3,(H,16,19)(H,17,18). The molecule has 6 heteroatoms. The summed E-state index contributed by atoms with van der Waals surface area (Å²) in [7, 11) is 0. The number of morpholine rings is 1. The van der Waals surface area contributed by atoms with Crippen LogP contribution in [0.4, 0.5) is 5.69 Å². The Labute approximate surface area is 122 Å². The average molecular weight is 283 g/mol. The number of imidazole rings is 1. The van der Waals surface area contributed by atoms with Crippen molar-refractivity contribution in [3.63, 3.8) is 0 Å². The summed E-state index contributed by atoms with van der Waals surface area (Å²) in [5.41, 5.74) is 5.30. The first-order chi connectivity index (χ1) is 10.3. The molecule has 1 fully saturated rings. The fraction of sp³-hybridized carbons (Fsp3) is 0.333. The van der Waals surface area contributed by atoms with Gasteiger partial charge < -0.3 is 14.6 Å². The summed E-state index contributed by atoms with van der Waals surface area (Å²) in [6, 6.07) is 6.32. The molecular formula is C15H17N5O. The van der Waals surface area contributed by atoms with Gasteiger partial charge in [0.2, 0.25) is 0 Å². The third-order valence-corrected chi connectivity index (χ3v) is 3.86. The lowest BCUT2D eigenvalue weighted by molar-refractivity contribution is 0.122. The lowest BCUT2D eigenvalue weighted by Crippen LogP contribution is -2.36. The van der Waals surface area contributed by atoms with E-state index in [0.717, 1.165) is 54.4 Å². The van der Waals surface area contributed by atoms with Gasteiger partial charge in [-0.15, -0.1) is 0 Å². The molecule has 3 heterocycles. The Kier molecular flexibility index (Phi) is 2.89. The van der Waals surface area contributed by atoms with Crippen molar-refractivity contribution in [3.8, 4) is 11.3 Å². The van der Waals surface area contributed by atoms with Crippen LogP contribution in [-0.2, 0) is 4.74 Å². The van der Waals surface area contributed by atoms with E-state index >= 15 is 0 Å². The van der Waals surface area contributed by atoms with Gasteiger partial charge in [0.15, 0.2) is 0 Å². The number of hydrogen-bond acceptors (Lipinski definition) is 4. The molecule has 4 rings (SSSR count). The highest BCUT2D eigenvalue weighted by Crippen LogP contribution is 2.31. The molecule has 3 aromatic rings. The number of aryl methyl sites for hydroxylation is 1. The van der Waals surface area contributed by atoms with Gasteiger partial charge >= 0.3 is 0 Å². The highest BCUT2D eigenvalue weighted by atomic mass is 16.5. The minimum absolute atomic E-state index is 0.777. The number of hydrogen-bond donors (Lipinski definition) is 2. The molecule has 1 aliphatic heterocycles. The SMILES string of the molecule is Cc1nc2c(-c3ccn[nH]3)cc(N3CCOCC3)cc2[nH]1.